The highest BCUT2D eigenvalue weighted by Crippen LogP contribution is 2.28. The van der Waals surface area contributed by atoms with Gasteiger partial charge in [-0.3, -0.25) is 4.79 Å². The summed E-state index contributed by atoms with van der Waals surface area (Å²) in [6.07, 6.45) is 3.86. The van der Waals surface area contributed by atoms with Crippen molar-refractivity contribution in [2.75, 3.05) is 13.2 Å². The van der Waals surface area contributed by atoms with Crippen LogP contribution in [0.5, 0.6) is 0 Å². The summed E-state index contributed by atoms with van der Waals surface area (Å²) < 4.78 is 5.53. The predicted molar refractivity (Wildman–Crippen MR) is 65.1 cm³/mol. The van der Waals surface area contributed by atoms with Gasteiger partial charge in [-0.05, 0) is 32.1 Å². The second-order valence-electron chi connectivity index (χ2n) is 5.09. The van der Waals surface area contributed by atoms with E-state index in [0.29, 0.717) is 19.6 Å². The Hall–Kier alpha value is -1.10. The maximum atomic E-state index is 12.5. The van der Waals surface area contributed by atoms with Crippen molar-refractivity contribution in [3.63, 3.8) is 0 Å². The molecule has 0 aromatic heterocycles. The third-order valence-corrected chi connectivity index (χ3v) is 4.00. The van der Waals surface area contributed by atoms with Crippen molar-refractivity contribution < 1.29 is 19.4 Å². The molecule has 3 unspecified atom stereocenters. The number of piperidine rings is 1. The van der Waals surface area contributed by atoms with Gasteiger partial charge in [-0.25, -0.2) is 4.79 Å². The van der Waals surface area contributed by atoms with Crippen LogP contribution in [0.2, 0.25) is 0 Å². The number of carboxylic acids is 1. The van der Waals surface area contributed by atoms with Crippen LogP contribution in [0.15, 0.2) is 0 Å². The molecule has 5 nitrogen and oxygen atoms in total. The summed E-state index contributed by atoms with van der Waals surface area (Å²) in [5.74, 6) is -1.04. The number of hydrogen-bond donors (Lipinski definition) is 1. The van der Waals surface area contributed by atoms with Gasteiger partial charge < -0.3 is 14.7 Å². The van der Waals surface area contributed by atoms with E-state index in [1.165, 1.54) is 0 Å². The lowest BCUT2D eigenvalue weighted by Gasteiger charge is -2.35. The molecule has 102 valence electrons. The molecule has 5 heteroatoms. The first-order valence-electron chi connectivity index (χ1n) is 6.80. The second-order valence-corrected chi connectivity index (χ2v) is 5.09. The van der Waals surface area contributed by atoms with Crippen LogP contribution >= 0.6 is 0 Å². The fraction of sp³-hybridized carbons (Fsp3) is 0.846. The third kappa shape index (κ3) is 2.51. The number of aliphatic carboxylic acids is 1. The van der Waals surface area contributed by atoms with Gasteiger partial charge in [0.25, 0.3) is 0 Å². The van der Waals surface area contributed by atoms with Gasteiger partial charge in [-0.1, -0.05) is 6.92 Å². The number of hydrogen-bond acceptors (Lipinski definition) is 3. The molecule has 2 saturated heterocycles. The lowest BCUT2D eigenvalue weighted by molar-refractivity contribution is -0.154. The van der Waals surface area contributed by atoms with Crippen LogP contribution in [0.25, 0.3) is 0 Å². The van der Waals surface area contributed by atoms with Gasteiger partial charge in [-0.15, -0.1) is 0 Å². The summed E-state index contributed by atoms with van der Waals surface area (Å²) in [6.45, 7) is 3.18. The Kier molecular flexibility index (Phi) is 4.22. The fourth-order valence-electron chi connectivity index (χ4n) is 3.00. The predicted octanol–water partition coefficient (Wildman–Crippen LogP) is 1.27. The summed E-state index contributed by atoms with van der Waals surface area (Å²) in [5, 5.41) is 9.20. The quantitative estimate of drug-likeness (QED) is 0.824. The van der Waals surface area contributed by atoms with Crippen LogP contribution in [0.3, 0.4) is 0 Å². The highest BCUT2D eigenvalue weighted by Gasteiger charge is 2.40. The van der Waals surface area contributed by atoms with Crippen LogP contribution in [0, 0.1) is 5.92 Å². The first-order valence-corrected chi connectivity index (χ1v) is 6.80. The lowest BCUT2D eigenvalue weighted by Crippen LogP contribution is -2.51. The van der Waals surface area contributed by atoms with Crippen molar-refractivity contribution in [3.8, 4) is 0 Å². The summed E-state index contributed by atoms with van der Waals surface area (Å²) >= 11 is 0. The average Bonchev–Trinajstić information content (AvgIpc) is 2.86. The Labute approximate surface area is 107 Å². The largest absolute Gasteiger partial charge is 0.480 e. The molecule has 3 atom stereocenters. The number of nitrogens with zero attached hydrogens (tertiary/aromatic N) is 1. The molecule has 0 radical (unpaired) electrons. The molecule has 18 heavy (non-hydrogen) atoms. The van der Waals surface area contributed by atoms with Crippen LogP contribution in [-0.4, -0.2) is 47.2 Å². The normalized spacial score (nSPS) is 32.5. The molecule has 2 fully saturated rings. The van der Waals surface area contributed by atoms with Crippen LogP contribution in [0.1, 0.15) is 39.0 Å². The SMILES string of the molecule is CCC1OCCC1C(=O)N1CCCCC1C(=O)O. The Morgan fingerprint density at radius 2 is 2.11 bits per heavy atom. The maximum Gasteiger partial charge on any atom is 0.326 e. The zero-order valence-corrected chi connectivity index (χ0v) is 10.8. The van der Waals surface area contributed by atoms with E-state index in [0.717, 1.165) is 25.7 Å². The van der Waals surface area contributed by atoms with E-state index in [1.807, 2.05) is 6.92 Å². The minimum absolute atomic E-state index is 0.0218. The highest BCUT2D eigenvalue weighted by atomic mass is 16.5. The second kappa shape index (κ2) is 5.69. The van der Waals surface area contributed by atoms with Crippen LogP contribution < -0.4 is 0 Å². The van der Waals surface area contributed by atoms with Crippen LogP contribution in [-0.2, 0) is 14.3 Å². The van der Waals surface area contributed by atoms with Crippen molar-refractivity contribution in [1.82, 2.24) is 4.90 Å². The van der Waals surface area contributed by atoms with Gasteiger partial charge >= 0.3 is 5.97 Å². The Morgan fingerprint density at radius 1 is 1.33 bits per heavy atom. The molecule has 2 rings (SSSR count). The van der Waals surface area contributed by atoms with E-state index < -0.39 is 12.0 Å². The van der Waals surface area contributed by atoms with Crippen molar-refractivity contribution in [2.45, 2.75) is 51.2 Å². The number of carboxylic acid groups (broad SMARTS) is 1. The third-order valence-electron chi connectivity index (χ3n) is 4.00. The summed E-state index contributed by atoms with van der Waals surface area (Å²) in [4.78, 5) is 25.2. The molecule has 0 aliphatic carbocycles. The maximum absolute atomic E-state index is 12.5. The molecule has 0 bridgehead atoms. The first-order chi connectivity index (χ1) is 8.65. The van der Waals surface area contributed by atoms with E-state index in [4.69, 9.17) is 4.74 Å². The van der Waals surface area contributed by atoms with E-state index in [-0.39, 0.29) is 17.9 Å². The molecule has 2 aliphatic heterocycles. The molecular formula is C13H21NO4. The van der Waals surface area contributed by atoms with Crippen molar-refractivity contribution in [3.05, 3.63) is 0 Å². The Balaban J connectivity index is 2.08. The summed E-state index contributed by atoms with van der Waals surface area (Å²) in [5.41, 5.74) is 0. The molecule has 0 spiro atoms. The highest BCUT2D eigenvalue weighted by molar-refractivity contribution is 5.85. The van der Waals surface area contributed by atoms with Gasteiger partial charge in [0.1, 0.15) is 6.04 Å². The molecule has 0 saturated carbocycles. The molecule has 2 heterocycles. The van der Waals surface area contributed by atoms with Gasteiger partial charge in [0.2, 0.25) is 5.91 Å². The fourth-order valence-corrected chi connectivity index (χ4v) is 3.00. The molecule has 1 amide bonds. The van der Waals surface area contributed by atoms with Gasteiger partial charge in [0, 0.05) is 13.2 Å². The summed E-state index contributed by atoms with van der Waals surface area (Å²) in [7, 11) is 0. The topological polar surface area (TPSA) is 66.8 Å². The Morgan fingerprint density at radius 3 is 2.78 bits per heavy atom. The lowest BCUT2D eigenvalue weighted by atomic mass is 9.94. The number of amides is 1. The minimum atomic E-state index is -0.880. The zero-order valence-electron chi connectivity index (χ0n) is 10.8. The number of rotatable bonds is 3. The number of likely N-dealkylation sites (tertiary alicyclic amines) is 1. The number of carbonyl (C=O) groups excluding carboxylic acids is 1. The van der Waals surface area contributed by atoms with E-state index in [1.54, 1.807) is 4.90 Å². The van der Waals surface area contributed by atoms with Gasteiger partial charge in [0.15, 0.2) is 0 Å². The molecule has 1 N–H and O–H groups in total. The smallest absolute Gasteiger partial charge is 0.326 e. The van der Waals surface area contributed by atoms with Crippen molar-refractivity contribution >= 4 is 11.9 Å². The van der Waals surface area contributed by atoms with Gasteiger partial charge in [0.05, 0.1) is 12.0 Å². The summed E-state index contributed by atoms with van der Waals surface area (Å²) in [6, 6.07) is -0.635. The molecule has 2 aliphatic rings. The molecule has 0 aromatic rings. The van der Waals surface area contributed by atoms with E-state index in [9.17, 15) is 14.7 Å². The number of ether oxygens (including phenoxy) is 1. The molecular weight excluding hydrogens is 234 g/mol. The van der Waals surface area contributed by atoms with Crippen molar-refractivity contribution in [1.29, 1.82) is 0 Å². The van der Waals surface area contributed by atoms with Gasteiger partial charge in [-0.2, -0.15) is 0 Å². The zero-order chi connectivity index (χ0) is 13.1. The van der Waals surface area contributed by atoms with E-state index >= 15 is 0 Å². The van der Waals surface area contributed by atoms with Crippen molar-refractivity contribution in [2.24, 2.45) is 5.92 Å². The monoisotopic (exact) mass is 255 g/mol. The van der Waals surface area contributed by atoms with Crippen LogP contribution in [0.4, 0.5) is 0 Å². The Bertz CT molecular complexity index is 331. The van der Waals surface area contributed by atoms with E-state index in [2.05, 4.69) is 0 Å². The standard InChI is InChI=1S/C13H21NO4/c1-2-11-9(6-8-18-11)12(15)14-7-4-3-5-10(14)13(16)17/h9-11H,2-8H2,1H3,(H,16,17). The molecule has 0 aromatic carbocycles. The minimum Gasteiger partial charge on any atom is -0.480 e. The first kappa shape index (κ1) is 13.3. The average molecular weight is 255 g/mol. The number of carbonyl (C=O) groups is 2.